The van der Waals surface area contributed by atoms with Gasteiger partial charge in [-0.2, -0.15) is 8.42 Å². The van der Waals surface area contributed by atoms with Crippen molar-refractivity contribution in [2.45, 2.75) is 42.4 Å². The zero-order valence-corrected chi connectivity index (χ0v) is 23.1. The molecule has 2 aromatic carbocycles. The molecule has 3 rings (SSSR count). The number of thioether (sulfide) groups is 1. The van der Waals surface area contributed by atoms with Gasteiger partial charge in [-0.3, -0.25) is 4.55 Å². The number of hydrogen-bond donors (Lipinski definition) is 5. The molecule has 0 amide bonds. The van der Waals surface area contributed by atoms with Gasteiger partial charge in [0, 0.05) is 12.5 Å². The van der Waals surface area contributed by atoms with Crippen molar-refractivity contribution < 1.29 is 61.8 Å². The Morgan fingerprint density at radius 3 is 2.49 bits per heavy atom. The summed E-state index contributed by atoms with van der Waals surface area (Å²) >= 11 is 0.545. The van der Waals surface area contributed by atoms with Crippen LogP contribution in [0.15, 0.2) is 59.8 Å². The zero-order valence-electron chi connectivity index (χ0n) is 21.4. The van der Waals surface area contributed by atoms with E-state index in [1.807, 2.05) is 0 Å². The number of esters is 1. The van der Waals surface area contributed by atoms with Crippen LogP contribution in [0.1, 0.15) is 23.7 Å². The van der Waals surface area contributed by atoms with Gasteiger partial charge in [-0.1, -0.05) is 65.1 Å². The lowest BCUT2D eigenvalue weighted by Gasteiger charge is -2.40. The van der Waals surface area contributed by atoms with Crippen LogP contribution in [-0.2, 0) is 29.0 Å². The van der Waals surface area contributed by atoms with Crippen LogP contribution in [0.4, 0.5) is 0 Å². The molecular formula is C25H28NO13S2-. The van der Waals surface area contributed by atoms with Crippen LogP contribution in [0.3, 0.4) is 0 Å². The summed E-state index contributed by atoms with van der Waals surface area (Å²) in [6, 6.07) is 12.4. The first-order chi connectivity index (χ1) is 19.4. The molecule has 0 aromatic heterocycles. The highest BCUT2D eigenvalue weighted by molar-refractivity contribution is 8.14. The maximum absolute atomic E-state index is 12.2. The topological polar surface area (TPSA) is 225 Å². The molecule has 5 N–H and O–H groups in total. The summed E-state index contributed by atoms with van der Waals surface area (Å²) in [6.07, 6.45) is -5.77. The van der Waals surface area contributed by atoms with Gasteiger partial charge in [0.2, 0.25) is 0 Å². The molecule has 6 atom stereocenters. The molecule has 16 heteroatoms. The van der Waals surface area contributed by atoms with Gasteiger partial charge in [0.15, 0.2) is 0 Å². The molecule has 1 fully saturated rings. The molecule has 2 aromatic rings. The van der Waals surface area contributed by atoms with E-state index in [4.69, 9.17) is 18.8 Å². The Bertz CT molecular complexity index is 1340. The number of oxime groups is 1. The summed E-state index contributed by atoms with van der Waals surface area (Å²) < 4.78 is 50.7. The summed E-state index contributed by atoms with van der Waals surface area (Å²) in [5, 5.41) is 56.6. The fourth-order valence-corrected chi connectivity index (χ4v) is 4.95. The second-order valence-electron chi connectivity index (χ2n) is 8.62. The number of hydrogen-bond acceptors (Lipinski definition) is 14. The van der Waals surface area contributed by atoms with Crippen molar-refractivity contribution in [2.75, 3.05) is 13.7 Å². The van der Waals surface area contributed by atoms with E-state index in [-0.39, 0.29) is 23.0 Å². The highest BCUT2D eigenvalue weighted by Gasteiger charge is 2.45. The SMILES string of the molecule is COc1ccc(/C=C/C(=O)OC[C@H]2O[C@@H](S/C(C[C@H](O)c3ccccc3)=N\OS(=O)(=O)O)[C@H](O)[C@@H](O)[C@@H]2O)cc1[O-]. The predicted octanol–water partition coefficient (Wildman–Crippen LogP) is 0.123. The molecule has 224 valence electrons. The molecule has 14 nitrogen and oxygen atoms in total. The minimum absolute atomic E-state index is 0.133. The first-order valence-corrected chi connectivity index (χ1v) is 14.1. The average Bonchev–Trinajstić information content (AvgIpc) is 2.94. The number of rotatable bonds is 11. The Morgan fingerprint density at radius 2 is 1.85 bits per heavy atom. The third-order valence-corrected chi connectivity index (χ3v) is 7.09. The third-order valence-electron chi connectivity index (χ3n) is 5.70. The second kappa shape index (κ2) is 14.6. The molecule has 1 aliphatic heterocycles. The Labute approximate surface area is 239 Å². The number of nitrogens with zero attached hydrogens (tertiary/aromatic N) is 1. The molecule has 41 heavy (non-hydrogen) atoms. The predicted molar refractivity (Wildman–Crippen MR) is 143 cm³/mol. The number of aliphatic hydroxyl groups is 4. The minimum Gasteiger partial charge on any atom is -0.870 e. The number of aliphatic hydroxyl groups excluding tert-OH is 4. The molecular weight excluding hydrogens is 586 g/mol. The van der Waals surface area contributed by atoms with Crippen molar-refractivity contribution in [1.82, 2.24) is 0 Å². The van der Waals surface area contributed by atoms with E-state index in [1.54, 1.807) is 30.3 Å². The van der Waals surface area contributed by atoms with Crippen molar-refractivity contribution in [1.29, 1.82) is 0 Å². The number of carbonyl (C=O) groups is 1. The number of ether oxygens (including phenoxy) is 3. The van der Waals surface area contributed by atoms with E-state index >= 15 is 0 Å². The van der Waals surface area contributed by atoms with Crippen LogP contribution in [-0.4, -0.2) is 88.0 Å². The van der Waals surface area contributed by atoms with Crippen molar-refractivity contribution in [3.63, 3.8) is 0 Å². The zero-order chi connectivity index (χ0) is 30.2. The normalized spacial score (nSPS) is 24.1. The summed E-state index contributed by atoms with van der Waals surface area (Å²) in [4.78, 5) is 12.2. The van der Waals surface area contributed by atoms with Crippen LogP contribution in [0.2, 0.25) is 0 Å². The monoisotopic (exact) mass is 614 g/mol. The Kier molecular flexibility index (Phi) is 11.5. The van der Waals surface area contributed by atoms with Gasteiger partial charge < -0.3 is 39.7 Å². The van der Waals surface area contributed by atoms with Crippen molar-refractivity contribution in [3.05, 3.63) is 65.7 Å². The minimum atomic E-state index is -5.02. The largest absolute Gasteiger partial charge is 0.870 e. The average molecular weight is 615 g/mol. The highest BCUT2D eigenvalue weighted by Crippen LogP contribution is 2.32. The van der Waals surface area contributed by atoms with E-state index in [9.17, 15) is 38.7 Å². The smallest absolute Gasteiger partial charge is 0.466 e. The van der Waals surface area contributed by atoms with Crippen LogP contribution < -0.4 is 9.84 Å². The maximum Gasteiger partial charge on any atom is 0.466 e. The Morgan fingerprint density at radius 1 is 1.15 bits per heavy atom. The van der Waals surface area contributed by atoms with Crippen LogP contribution >= 0.6 is 11.8 Å². The van der Waals surface area contributed by atoms with Crippen molar-refractivity contribution >= 4 is 39.2 Å². The molecule has 0 aliphatic carbocycles. The van der Waals surface area contributed by atoms with Crippen molar-refractivity contribution in [3.8, 4) is 11.5 Å². The maximum atomic E-state index is 12.2. The standard InChI is InChI=1S/C25H29NO13S2/c1-36-18-9-7-14(11-17(18)28)8-10-21(29)37-13-19-22(30)23(31)24(32)25(38-19)40-20(26-39-41(33,34)35)12-16(27)15-5-3-2-4-6-15/h2-11,16,19,22-25,27-28,30-32H,12-13H2,1H3,(H,33,34,35)/p-1/b10-8+,26-20-/t16-,19+,22+,23-,24+,25-/m0/s1. The van der Waals surface area contributed by atoms with Crippen molar-refractivity contribution in [2.24, 2.45) is 5.16 Å². The van der Waals surface area contributed by atoms with Crippen LogP contribution in [0, 0.1) is 0 Å². The van der Waals surface area contributed by atoms with E-state index in [1.165, 1.54) is 31.4 Å². The van der Waals surface area contributed by atoms with Gasteiger partial charge in [0.25, 0.3) is 0 Å². The fourth-order valence-electron chi connectivity index (χ4n) is 3.61. The van der Waals surface area contributed by atoms with Gasteiger partial charge >= 0.3 is 16.4 Å². The highest BCUT2D eigenvalue weighted by atomic mass is 32.3. The summed E-state index contributed by atoms with van der Waals surface area (Å²) in [5.74, 6) is -1.13. The molecule has 1 heterocycles. The molecule has 0 radical (unpaired) electrons. The summed E-state index contributed by atoms with van der Waals surface area (Å²) in [7, 11) is -3.67. The van der Waals surface area contributed by atoms with Gasteiger partial charge in [-0.25, -0.2) is 9.08 Å². The quantitative estimate of drug-likeness (QED) is 0.0566. The molecule has 0 unspecified atom stereocenters. The van der Waals surface area contributed by atoms with E-state index < -0.39 is 58.9 Å². The Balaban J connectivity index is 1.67. The number of benzene rings is 2. The Hall–Kier alpha value is -3.22. The molecule has 0 saturated carbocycles. The number of methoxy groups -OCH3 is 1. The second-order valence-corrected chi connectivity index (χ2v) is 10.8. The van der Waals surface area contributed by atoms with Crippen LogP contribution in [0.5, 0.6) is 11.5 Å². The van der Waals surface area contributed by atoms with E-state index in [0.717, 1.165) is 6.08 Å². The molecule has 1 saturated heterocycles. The lowest BCUT2D eigenvalue weighted by atomic mass is 10.0. The van der Waals surface area contributed by atoms with Crippen LogP contribution in [0.25, 0.3) is 6.08 Å². The summed E-state index contributed by atoms with van der Waals surface area (Å²) in [6.45, 7) is -0.568. The third kappa shape index (κ3) is 9.68. The van der Waals surface area contributed by atoms with E-state index in [0.29, 0.717) is 22.9 Å². The molecule has 0 bridgehead atoms. The molecule has 1 aliphatic rings. The van der Waals surface area contributed by atoms with Gasteiger partial charge in [0.1, 0.15) is 47.3 Å². The van der Waals surface area contributed by atoms with Gasteiger partial charge in [0.05, 0.1) is 13.2 Å². The fraction of sp³-hybridized carbons (Fsp3) is 0.360. The number of carbonyl (C=O) groups excluding carboxylic acids is 1. The first kappa shape index (κ1) is 32.3. The summed E-state index contributed by atoms with van der Waals surface area (Å²) in [5.41, 5.74) is -0.574. The van der Waals surface area contributed by atoms with Gasteiger partial charge in [-0.05, 0) is 23.3 Å². The lowest BCUT2D eigenvalue weighted by molar-refractivity contribution is -0.270. The molecule has 0 spiro atoms. The van der Waals surface area contributed by atoms with Gasteiger partial charge in [-0.15, -0.1) is 0 Å². The lowest BCUT2D eigenvalue weighted by Crippen LogP contribution is -2.58. The van der Waals surface area contributed by atoms with E-state index in [2.05, 4.69) is 9.44 Å². The first-order valence-electron chi connectivity index (χ1n) is 11.9.